The molecule has 0 aliphatic carbocycles. The largest absolute Gasteiger partial charge is 0.455 e. The normalized spacial score (nSPS) is 11.8. The molecule has 9 heteroatoms. The predicted molar refractivity (Wildman–Crippen MR) is 398 cm³/mol. The molecule has 0 bridgehead atoms. The van der Waals surface area contributed by atoms with Gasteiger partial charge in [0.15, 0.2) is 0 Å². The van der Waals surface area contributed by atoms with Gasteiger partial charge in [-0.1, -0.05) is 243 Å². The number of fused-ring (bicyclic) bond motifs is 15. The number of hydrogen-bond donors (Lipinski definition) is 0. The summed E-state index contributed by atoms with van der Waals surface area (Å²) in [6, 6.07) is 109. The van der Waals surface area contributed by atoms with E-state index in [4.69, 9.17) is 24.4 Å². The first-order valence-electron chi connectivity index (χ1n) is 31.8. The standard InChI is InChI=1S/C46H27N3S2.C40H25N3O/c1-4-16-40-33(9-1)38-27-30(32-13-8-15-37-35-11-3-6-18-43(35)51-45(32)37)23-24-41(38)49(40)46-47-26-25-39(48-46)29-21-19-28(20-22-29)31-12-7-14-36-34-10-2-5-17-42(34)50-44(31)36;1-3-12-26(13-4-1)34-25-35(27-14-5-2-6-15-27)42-40(41-34)43-36-20-9-7-16-30(36)33-24-28(22-23-37(33)43)29-18-11-19-32-31-17-8-10-21-38(31)44-39(29)32/h1-27H;1-25H. The van der Waals surface area contributed by atoms with Gasteiger partial charge in [0.25, 0.3) is 0 Å². The van der Waals surface area contributed by atoms with Crippen LogP contribution in [0, 0.1) is 0 Å². The van der Waals surface area contributed by atoms with Gasteiger partial charge in [-0.25, -0.2) is 19.9 Å². The second-order valence-electron chi connectivity index (χ2n) is 24.0. The smallest absolute Gasteiger partial charge is 0.235 e. The number of rotatable bonds is 8. The van der Waals surface area contributed by atoms with Crippen molar-refractivity contribution in [1.29, 1.82) is 0 Å². The van der Waals surface area contributed by atoms with E-state index in [0.29, 0.717) is 11.9 Å². The second-order valence-corrected chi connectivity index (χ2v) is 26.1. The summed E-state index contributed by atoms with van der Waals surface area (Å²) in [4.78, 5) is 20.3. The van der Waals surface area contributed by atoms with Crippen molar-refractivity contribution in [2.45, 2.75) is 0 Å². The molecule has 7 aromatic heterocycles. The van der Waals surface area contributed by atoms with Crippen molar-refractivity contribution >= 4 is 129 Å². The molecular formula is C86H52N6OS2. The summed E-state index contributed by atoms with van der Waals surface area (Å²) in [5.74, 6) is 1.31. The first-order chi connectivity index (χ1) is 47.1. The number of hydrogen-bond acceptors (Lipinski definition) is 7. The van der Waals surface area contributed by atoms with Gasteiger partial charge < -0.3 is 4.42 Å². The van der Waals surface area contributed by atoms with E-state index in [0.717, 1.165) is 99.7 Å². The molecule has 95 heavy (non-hydrogen) atoms. The fourth-order valence-electron chi connectivity index (χ4n) is 14.1. The Morgan fingerprint density at radius 1 is 0.263 bits per heavy atom. The molecule has 0 saturated heterocycles. The molecule has 0 saturated carbocycles. The summed E-state index contributed by atoms with van der Waals surface area (Å²) in [7, 11) is 0. The molecular weight excluding hydrogens is 1200 g/mol. The van der Waals surface area contributed by atoms with Crippen LogP contribution in [0.5, 0.6) is 0 Å². The second kappa shape index (κ2) is 22.3. The lowest BCUT2D eigenvalue weighted by atomic mass is 10.0. The van der Waals surface area contributed by atoms with Gasteiger partial charge >= 0.3 is 0 Å². The van der Waals surface area contributed by atoms with Crippen LogP contribution in [0.4, 0.5) is 0 Å². The highest BCUT2D eigenvalue weighted by Gasteiger charge is 2.22. The molecule has 0 spiro atoms. The number of aromatic nitrogens is 6. The summed E-state index contributed by atoms with van der Waals surface area (Å²) >= 11 is 3.73. The van der Waals surface area contributed by atoms with Gasteiger partial charge in [0.2, 0.25) is 11.9 Å². The Balaban J connectivity index is 0.000000136. The Kier molecular flexibility index (Phi) is 12.8. The molecule has 0 aliphatic heterocycles. The van der Waals surface area contributed by atoms with Gasteiger partial charge in [-0.3, -0.25) is 9.13 Å². The van der Waals surface area contributed by atoms with Gasteiger partial charge in [-0.15, -0.1) is 22.7 Å². The molecule has 0 fully saturated rings. The van der Waals surface area contributed by atoms with Crippen LogP contribution in [0.2, 0.25) is 0 Å². The van der Waals surface area contributed by atoms with Crippen molar-refractivity contribution < 1.29 is 4.42 Å². The Hall–Kier alpha value is -12.1. The van der Waals surface area contributed by atoms with Crippen molar-refractivity contribution in [1.82, 2.24) is 29.1 Å². The molecule has 0 atom stereocenters. The van der Waals surface area contributed by atoms with Crippen molar-refractivity contribution in [3.8, 4) is 79.0 Å². The molecule has 13 aromatic carbocycles. The maximum absolute atomic E-state index is 6.40. The molecule has 0 unspecified atom stereocenters. The maximum atomic E-state index is 6.40. The molecule has 20 rings (SSSR count). The molecule has 0 aliphatic rings. The van der Waals surface area contributed by atoms with Crippen LogP contribution in [-0.4, -0.2) is 29.1 Å². The summed E-state index contributed by atoms with van der Waals surface area (Å²) < 4.78 is 16.1. The highest BCUT2D eigenvalue weighted by Crippen LogP contribution is 2.45. The van der Waals surface area contributed by atoms with E-state index in [1.807, 2.05) is 83.5 Å². The molecule has 444 valence electrons. The third-order valence-electron chi connectivity index (χ3n) is 18.6. The van der Waals surface area contributed by atoms with Crippen molar-refractivity contribution in [3.63, 3.8) is 0 Å². The van der Waals surface area contributed by atoms with Gasteiger partial charge in [-0.2, -0.15) is 0 Å². The molecule has 20 aromatic rings. The van der Waals surface area contributed by atoms with Crippen LogP contribution in [0.1, 0.15) is 0 Å². The van der Waals surface area contributed by atoms with Crippen LogP contribution in [0.15, 0.2) is 320 Å². The zero-order valence-electron chi connectivity index (χ0n) is 50.9. The number of thiophene rings is 2. The van der Waals surface area contributed by atoms with Crippen LogP contribution in [0.25, 0.3) is 185 Å². The average Bonchev–Trinajstić information content (AvgIpc) is 1.61. The van der Waals surface area contributed by atoms with E-state index < -0.39 is 0 Å². The Morgan fingerprint density at radius 3 is 1.28 bits per heavy atom. The average molecular weight is 1250 g/mol. The van der Waals surface area contributed by atoms with Crippen molar-refractivity contribution in [2.24, 2.45) is 0 Å². The van der Waals surface area contributed by atoms with E-state index in [1.165, 1.54) is 73.4 Å². The monoisotopic (exact) mass is 1250 g/mol. The lowest BCUT2D eigenvalue weighted by molar-refractivity contribution is 0.670. The van der Waals surface area contributed by atoms with Gasteiger partial charge in [0, 0.05) is 101 Å². The third-order valence-corrected chi connectivity index (χ3v) is 21.0. The number of para-hydroxylation sites is 4. The van der Waals surface area contributed by atoms with Crippen molar-refractivity contribution in [3.05, 3.63) is 316 Å². The van der Waals surface area contributed by atoms with Gasteiger partial charge in [0.05, 0.1) is 39.1 Å². The van der Waals surface area contributed by atoms with Crippen molar-refractivity contribution in [2.75, 3.05) is 0 Å². The minimum absolute atomic E-state index is 0.642. The number of benzene rings is 13. The predicted octanol–water partition coefficient (Wildman–Crippen LogP) is 23.8. The summed E-state index contributed by atoms with van der Waals surface area (Å²) in [5, 5.41) is 12.2. The van der Waals surface area contributed by atoms with E-state index in [1.54, 1.807) is 0 Å². The highest BCUT2D eigenvalue weighted by molar-refractivity contribution is 7.26. The Bertz CT molecular complexity index is 6360. The number of furan rings is 1. The minimum atomic E-state index is 0.642. The zero-order valence-corrected chi connectivity index (χ0v) is 52.6. The summed E-state index contributed by atoms with van der Waals surface area (Å²) in [6.07, 6.45) is 1.88. The quantitative estimate of drug-likeness (QED) is 0.152. The zero-order chi connectivity index (χ0) is 62.5. The van der Waals surface area contributed by atoms with E-state index in [-0.39, 0.29) is 0 Å². The Morgan fingerprint density at radius 2 is 0.684 bits per heavy atom. The fourth-order valence-corrected chi connectivity index (χ4v) is 16.6. The van der Waals surface area contributed by atoms with E-state index >= 15 is 0 Å². The first kappa shape index (κ1) is 54.6. The lowest BCUT2D eigenvalue weighted by Crippen LogP contribution is -2.03. The molecule has 7 heterocycles. The minimum Gasteiger partial charge on any atom is -0.455 e. The van der Waals surface area contributed by atoms with Crippen LogP contribution >= 0.6 is 22.7 Å². The van der Waals surface area contributed by atoms with E-state index in [2.05, 4.69) is 264 Å². The summed E-state index contributed by atoms with van der Waals surface area (Å²) in [6.45, 7) is 0. The first-order valence-corrected chi connectivity index (χ1v) is 33.5. The third kappa shape index (κ3) is 9.15. The molecule has 0 N–H and O–H groups in total. The SMILES string of the molecule is c1ccc(-c2cc(-c3ccccc3)nc(-n3c4ccccc4c4cc(-c5cccc6c5oc5ccccc56)ccc43)n2)cc1.c1ccc2c(c1)sc1c(-c3ccc(-c4ccnc(-n5c6ccccc6c6cc(-c7cccc8c7sc7ccccc78)ccc65)n4)cc3)cccc12. The van der Waals surface area contributed by atoms with Crippen LogP contribution < -0.4 is 0 Å². The van der Waals surface area contributed by atoms with Gasteiger partial charge in [-0.05, 0) is 94.5 Å². The van der Waals surface area contributed by atoms with Crippen LogP contribution in [0.3, 0.4) is 0 Å². The molecule has 7 nitrogen and oxygen atoms in total. The topological polar surface area (TPSA) is 74.6 Å². The van der Waals surface area contributed by atoms with E-state index in [9.17, 15) is 0 Å². The maximum Gasteiger partial charge on any atom is 0.235 e. The Labute approximate surface area is 553 Å². The van der Waals surface area contributed by atoms with Gasteiger partial charge in [0.1, 0.15) is 11.2 Å². The summed E-state index contributed by atoms with van der Waals surface area (Å²) in [5.41, 5.74) is 19.0. The molecule has 0 radical (unpaired) electrons. The number of nitrogens with zero attached hydrogens (tertiary/aromatic N) is 6. The fraction of sp³-hybridized carbons (Fsp3) is 0. The molecule has 0 amide bonds. The lowest BCUT2D eigenvalue weighted by Gasteiger charge is -2.12. The van der Waals surface area contributed by atoms with Crippen LogP contribution in [-0.2, 0) is 0 Å². The highest BCUT2D eigenvalue weighted by atomic mass is 32.1.